The van der Waals surface area contributed by atoms with Crippen molar-refractivity contribution in [1.82, 2.24) is 0 Å². The van der Waals surface area contributed by atoms with Crippen molar-refractivity contribution >= 4 is 65.8 Å². The summed E-state index contributed by atoms with van der Waals surface area (Å²) >= 11 is 0. The van der Waals surface area contributed by atoms with Gasteiger partial charge in [-0.05, 0) is 128 Å². The Bertz CT molecular complexity index is 3340. The van der Waals surface area contributed by atoms with Crippen LogP contribution in [-0.4, -0.2) is 0 Å². The highest BCUT2D eigenvalue weighted by Gasteiger charge is 2.37. The van der Waals surface area contributed by atoms with Crippen molar-refractivity contribution < 1.29 is 13.3 Å². The zero-order valence-electron chi connectivity index (χ0n) is 29.7. The van der Waals surface area contributed by atoms with Crippen LogP contribution in [0.1, 0.15) is 25.0 Å². The van der Waals surface area contributed by atoms with Gasteiger partial charge in [0.25, 0.3) is 0 Å². The molecule has 254 valence electrons. The Kier molecular flexibility index (Phi) is 5.84. The SMILES string of the molecule is CC1(C)c2cc3oc4ccc(-c5ccccc5)cc4c3cc2-c2cc3c(cc21)oc1ccc(-c2ccc4oc5ccc(-c6ccccc6)cc5c4c2)cc13. The molecule has 11 aromatic rings. The second kappa shape index (κ2) is 10.6. The first-order valence-corrected chi connectivity index (χ1v) is 18.6. The smallest absolute Gasteiger partial charge is 0.135 e. The van der Waals surface area contributed by atoms with Crippen LogP contribution < -0.4 is 0 Å². The highest BCUT2D eigenvalue weighted by atomic mass is 16.3. The predicted octanol–water partition coefficient (Wildman–Crippen LogP) is 14.7. The summed E-state index contributed by atoms with van der Waals surface area (Å²) in [6.07, 6.45) is 0. The first-order chi connectivity index (χ1) is 26.5. The Morgan fingerprint density at radius 2 is 0.611 bits per heavy atom. The molecule has 1 aliphatic rings. The predicted molar refractivity (Wildman–Crippen MR) is 222 cm³/mol. The van der Waals surface area contributed by atoms with Crippen molar-refractivity contribution in [3.05, 3.63) is 169 Å². The van der Waals surface area contributed by atoms with Gasteiger partial charge in [-0.25, -0.2) is 0 Å². The number of rotatable bonds is 3. The van der Waals surface area contributed by atoms with Crippen molar-refractivity contribution in [2.75, 3.05) is 0 Å². The van der Waals surface area contributed by atoms with Gasteiger partial charge in [-0.15, -0.1) is 0 Å². The fourth-order valence-electron chi connectivity index (χ4n) is 9.03. The zero-order chi connectivity index (χ0) is 35.7. The van der Waals surface area contributed by atoms with E-state index in [1.54, 1.807) is 0 Å². The molecule has 0 saturated carbocycles. The maximum atomic E-state index is 6.57. The molecule has 8 aromatic carbocycles. The summed E-state index contributed by atoms with van der Waals surface area (Å²) in [5.74, 6) is 0. The number of hydrogen-bond donors (Lipinski definition) is 0. The van der Waals surface area contributed by atoms with Gasteiger partial charge in [-0.1, -0.05) is 98.8 Å². The van der Waals surface area contributed by atoms with Gasteiger partial charge in [-0.3, -0.25) is 0 Å². The van der Waals surface area contributed by atoms with E-state index in [-0.39, 0.29) is 5.41 Å². The minimum Gasteiger partial charge on any atom is -0.456 e. The van der Waals surface area contributed by atoms with Gasteiger partial charge in [0.15, 0.2) is 0 Å². The summed E-state index contributed by atoms with van der Waals surface area (Å²) < 4.78 is 19.3. The fraction of sp³-hybridized carbons (Fsp3) is 0.0588. The fourth-order valence-corrected chi connectivity index (χ4v) is 9.03. The van der Waals surface area contributed by atoms with Crippen LogP contribution in [0.5, 0.6) is 0 Å². The van der Waals surface area contributed by atoms with Crippen LogP contribution in [0, 0.1) is 0 Å². The second-order valence-corrected chi connectivity index (χ2v) is 15.3. The van der Waals surface area contributed by atoms with Crippen molar-refractivity contribution in [2.24, 2.45) is 0 Å². The molecule has 3 heterocycles. The first-order valence-electron chi connectivity index (χ1n) is 18.6. The normalized spacial score (nSPS) is 13.5. The van der Waals surface area contributed by atoms with E-state index >= 15 is 0 Å². The van der Waals surface area contributed by atoms with E-state index in [2.05, 4.69) is 172 Å². The molecule has 3 nitrogen and oxygen atoms in total. The number of benzene rings is 8. The van der Waals surface area contributed by atoms with Gasteiger partial charge in [0.05, 0.1) is 0 Å². The lowest BCUT2D eigenvalue weighted by Crippen LogP contribution is -2.14. The molecule has 0 bridgehead atoms. The third kappa shape index (κ3) is 4.18. The summed E-state index contributed by atoms with van der Waals surface area (Å²) in [4.78, 5) is 0. The molecule has 3 heteroatoms. The Labute approximate surface area is 310 Å². The van der Waals surface area contributed by atoms with E-state index in [1.165, 1.54) is 44.5 Å². The minimum atomic E-state index is -0.214. The molecule has 0 saturated heterocycles. The van der Waals surface area contributed by atoms with Gasteiger partial charge in [0, 0.05) is 37.7 Å². The molecule has 12 rings (SSSR count). The van der Waals surface area contributed by atoms with E-state index in [9.17, 15) is 0 Å². The summed E-state index contributed by atoms with van der Waals surface area (Å²) in [6.45, 7) is 4.62. The van der Waals surface area contributed by atoms with Crippen LogP contribution in [0.25, 0.3) is 110 Å². The van der Waals surface area contributed by atoms with Crippen molar-refractivity contribution in [3.8, 4) is 44.5 Å². The van der Waals surface area contributed by atoms with Gasteiger partial charge in [-0.2, -0.15) is 0 Å². The third-order valence-electron chi connectivity index (χ3n) is 11.9. The lowest BCUT2D eigenvalue weighted by Gasteiger charge is -2.21. The topological polar surface area (TPSA) is 39.4 Å². The largest absolute Gasteiger partial charge is 0.456 e. The Morgan fingerprint density at radius 3 is 0.981 bits per heavy atom. The minimum absolute atomic E-state index is 0.214. The van der Waals surface area contributed by atoms with Gasteiger partial charge in [0.2, 0.25) is 0 Å². The van der Waals surface area contributed by atoms with Crippen molar-refractivity contribution in [2.45, 2.75) is 19.3 Å². The van der Waals surface area contributed by atoms with Gasteiger partial charge < -0.3 is 13.3 Å². The lowest BCUT2D eigenvalue weighted by atomic mass is 9.82. The molecule has 0 spiro atoms. The van der Waals surface area contributed by atoms with Crippen LogP contribution >= 0.6 is 0 Å². The molecule has 0 atom stereocenters. The molecule has 0 radical (unpaired) electrons. The third-order valence-corrected chi connectivity index (χ3v) is 11.9. The lowest BCUT2D eigenvalue weighted by molar-refractivity contribution is 0.641. The zero-order valence-corrected chi connectivity index (χ0v) is 29.7. The van der Waals surface area contributed by atoms with Crippen LogP contribution in [0.3, 0.4) is 0 Å². The first kappa shape index (κ1) is 29.7. The van der Waals surface area contributed by atoms with Crippen molar-refractivity contribution in [3.63, 3.8) is 0 Å². The molecular formula is C51H32O3. The van der Waals surface area contributed by atoms with E-state index in [4.69, 9.17) is 13.3 Å². The van der Waals surface area contributed by atoms with Crippen LogP contribution in [0.4, 0.5) is 0 Å². The quantitative estimate of drug-likeness (QED) is 0.185. The maximum Gasteiger partial charge on any atom is 0.135 e. The van der Waals surface area contributed by atoms with Crippen LogP contribution in [0.15, 0.2) is 171 Å². The van der Waals surface area contributed by atoms with E-state index in [1.807, 2.05) is 0 Å². The number of fused-ring (bicyclic) bond motifs is 12. The highest BCUT2D eigenvalue weighted by molar-refractivity contribution is 6.13. The molecule has 0 aliphatic heterocycles. The average molecular weight is 693 g/mol. The molecular weight excluding hydrogens is 661 g/mol. The Balaban J connectivity index is 1.00. The molecule has 0 unspecified atom stereocenters. The monoisotopic (exact) mass is 692 g/mol. The summed E-state index contributed by atoms with van der Waals surface area (Å²) in [5, 5.41) is 6.75. The maximum absolute atomic E-state index is 6.57. The second-order valence-electron chi connectivity index (χ2n) is 15.3. The molecule has 0 fully saturated rings. The summed E-state index contributed by atoms with van der Waals surface area (Å²) in [7, 11) is 0. The molecule has 0 amide bonds. The van der Waals surface area contributed by atoms with Gasteiger partial charge in [0.1, 0.15) is 33.5 Å². The molecule has 0 N–H and O–H groups in total. The van der Waals surface area contributed by atoms with Crippen molar-refractivity contribution in [1.29, 1.82) is 0 Å². The average Bonchev–Trinajstić information content (AvgIpc) is 3.94. The number of furan rings is 3. The molecule has 3 aromatic heterocycles. The Hall–Kier alpha value is -6.84. The Morgan fingerprint density at radius 1 is 0.296 bits per heavy atom. The summed E-state index contributed by atoms with van der Waals surface area (Å²) in [5.41, 5.74) is 17.3. The highest BCUT2D eigenvalue weighted by Crippen LogP contribution is 2.53. The number of hydrogen-bond acceptors (Lipinski definition) is 3. The van der Waals surface area contributed by atoms with Gasteiger partial charge >= 0.3 is 0 Å². The van der Waals surface area contributed by atoms with Crippen LogP contribution in [0.2, 0.25) is 0 Å². The summed E-state index contributed by atoms with van der Waals surface area (Å²) in [6, 6.07) is 56.4. The molecule has 54 heavy (non-hydrogen) atoms. The van der Waals surface area contributed by atoms with E-state index in [0.29, 0.717) is 0 Å². The standard InChI is InChI=1S/C51H32O3/c1-51(2)43-27-49-41(39-22-32(14-18-47(39)53-49)30-11-7-4-8-12-30)25-35(43)36-26-42-40-24-34(16-20-48(40)54-50(42)28-44(36)51)33-15-19-46-38(23-33)37-21-31(13-17-45(37)52-46)29-9-5-3-6-10-29/h3-28H,1-2H3. The van der Waals surface area contributed by atoms with Crippen LogP contribution in [-0.2, 0) is 5.41 Å². The van der Waals surface area contributed by atoms with E-state index < -0.39 is 0 Å². The van der Waals surface area contributed by atoms with E-state index in [0.717, 1.165) is 76.9 Å². The molecule has 1 aliphatic carbocycles.